The highest BCUT2D eigenvalue weighted by molar-refractivity contribution is 7.82. The normalized spacial score (nSPS) is 22.8. The summed E-state index contributed by atoms with van der Waals surface area (Å²) in [6.45, 7) is 10.8. The van der Waals surface area contributed by atoms with Gasteiger partial charge in [0, 0.05) is 30.3 Å². The number of thiocarbonyl (C=S) groups is 1. The fourth-order valence-corrected chi connectivity index (χ4v) is 3.45. The van der Waals surface area contributed by atoms with Gasteiger partial charge < -0.3 is 10.2 Å². The molecule has 1 aromatic carbocycles. The van der Waals surface area contributed by atoms with Crippen LogP contribution in [0.5, 0.6) is 0 Å². The number of hydrogen-bond acceptors (Lipinski definition) is 3. The molecule has 0 spiro atoms. The van der Waals surface area contributed by atoms with Gasteiger partial charge in [-0.1, -0.05) is 24.4 Å². The molecule has 1 fully saturated rings. The molecule has 1 aliphatic carbocycles. The first-order valence-electron chi connectivity index (χ1n) is 8.17. The highest BCUT2D eigenvalue weighted by Gasteiger charge is 2.51. The third kappa shape index (κ3) is 2.88. The van der Waals surface area contributed by atoms with Gasteiger partial charge in [0.1, 0.15) is 10.8 Å². The van der Waals surface area contributed by atoms with E-state index in [4.69, 9.17) is 17.2 Å². The Labute approximate surface area is 148 Å². The molecule has 5 heteroatoms. The molecule has 3 nitrogen and oxygen atoms in total. The summed E-state index contributed by atoms with van der Waals surface area (Å²) in [6, 6.07) is 5.19. The maximum absolute atomic E-state index is 14.7. The number of nitrogens with one attached hydrogen (secondary N) is 1. The Hall–Kier alpha value is -2.01. The SMILES string of the molecule is C=CCN(CC=C)c1ccc(F)c(C2(C3CC3)N=C(C)C(=S)N2)c1. The van der Waals surface area contributed by atoms with E-state index in [-0.39, 0.29) is 11.7 Å². The molecule has 1 aliphatic heterocycles. The molecule has 126 valence electrons. The van der Waals surface area contributed by atoms with Crippen molar-refractivity contribution in [3.8, 4) is 0 Å². The molecule has 0 amide bonds. The average Bonchev–Trinajstić information content (AvgIpc) is 3.35. The van der Waals surface area contributed by atoms with E-state index < -0.39 is 5.66 Å². The average molecular weight is 343 g/mol. The molecular weight excluding hydrogens is 321 g/mol. The molecule has 1 unspecified atom stereocenters. The Morgan fingerprint density at radius 1 is 1.38 bits per heavy atom. The van der Waals surface area contributed by atoms with Crippen LogP contribution in [0.25, 0.3) is 0 Å². The Morgan fingerprint density at radius 2 is 2.04 bits per heavy atom. The maximum Gasteiger partial charge on any atom is 0.162 e. The monoisotopic (exact) mass is 343 g/mol. The topological polar surface area (TPSA) is 27.6 Å². The lowest BCUT2D eigenvalue weighted by atomic mass is 9.94. The maximum atomic E-state index is 14.7. The van der Waals surface area contributed by atoms with Gasteiger partial charge in [-0.05, 0) is 38.0 Å². The zero-order chi connectivity index (χ0) is 17.3. The fraction of sp³-hybridized carbons (Fsp3) is 0.368. The van der Waals surface area contributed by atoms with Crippen molar-refractivity contribution < 1.29 is 4.39 Å². The number of aliphatic imine (C=N–C) groups is 1. The molecule has 24 heavy (non-hydrogen) atoms. The van der Waals surface area contributed by atoms with Crippen LogP contribution < -0.4 is 10.2 Å². The lowest BCUT2D eigenvalue weighted by molar-refractivity contribution is 0.354. The third-order valence-electron chi connectivity index (χ3n) is 4.57. The fourth-order valence-electron chi connectivity index (χ4n) is 3.25. The summed E-state index contributed by atoms with van der Waals surface area (Å²) in [7, 11) is 0. The van der Waals surface area contributed by atoms with Gasteiger partial charge in [-0.2, -0.15) is 0 Å². The van der Waals surface area contributed by atoms with Crippen molar-refractivity contribution in [2.75, 3.05) is 18.0 Å². The first kappa shape index (κ1) is 16.8. The van der Waals surface area contributed by atoms with E-state index in [9.17, 15) is 4.39 Å². The summed E-state index contributed by atoms with van der Waals surface area (Å²) in [4.78, 5) is 7.45. The molecule has 1 N–H and O–H groups in total. The lowest BCUT2D eigenvalue weighted by Gasteiger charge is -2.30. The van der Waals surface area contributed by atoms with Crippen LogP contribution >= 0.6 is 12.2 Å². The minimum atomic E-state index is -0.755. The van der Waals surface area contributed by atoms with E-state index in [1.54, 1.807) is 6.07 Å². The molecule has 0 radical (unpaired) electrons. The Balaban J connectivity index is 2.06. The number of rotatable bonds is 7. The summed E-state index contributed by atoms with van der Waals surface area (Å²) in [5.41, 5.74) is 1.52. The molecular formula is C19H22FN3S. The van der Waals surface area contributed by atoms with Gasteiger partial charge >= 0.3 is 0 Å². The largest absolute Gasteiger partial charge is 0.364 e. The van der Waals surface area contributed by atoms with Crippen molar-refractivity contribution >= 4 is 28.6 Å². The van der Waals surface area contributed by atoms with Crippen LogP contribution in [0, 0.1) is 11.7 Å². The summed E-state index contributed by atoms with van der Waals surface area (Å²) in [6.07, 6.45) is 5.71. The van der Waals surface area contributed by atoms with Crippen LogP contribution in [-0.2, 0) is 5.66 Å². The standard InChI is InChI=1S/C19H22FN3S/c1-4-10-23(11-5-2)15-8-9-17(20)16(12-15)19(14-6-7-14)21-13(3)18(24)22-19/h4-5,8-9,12,14H,1-2,6-7,10-11H2,3H3,(H,22,24). The third-order valence-corrected chi connectivity index (χ3v) is 4.97. The highest BCUT2D eigenvalue weighted by atomic mass is 32.1. The second kappa shape index (κ2) is 6.48. The summed E-state index contributed by atoms with van der Waals surface area (Å²) in [5.74, 6) is 0.0291. The number of anilines is 1. The predicted octanol–water partition coefficient (Wildman–Crippen LogP) is 3.96. The first-order valence-corrected chi connectivity index (χ1v) is 8.58. The zero-order valence-corrected chi connectivity index (χ0v) is 14.7. The number of benzene rings is 1. The van der Waals surface area contributed by atoms with Crippen molar-refractivity contribution in [1.29, 1.82) is 0 Å². The van der Waals surface area contributed by atoms with E-state index >= 15 is 0 Å². The Bertz CT molecular complexity index is 713. The van der Waals surface area contributed by atoms with Gasteiger partial charge in [0.05, 0.1) is 5.71 Å². The molecule has 1 atom stereocenters. The van der Waals surface area contributed by atoms with Crippen molar-refractivity contribution in [2.24, 2.45) is 10.9 Å². The second-order valence-electron chi connectivity index (χ2n) is 6.34. The number of nitrogens with zero attached hydrogens (tertiary/aromatic N) is 2. The van der Waals surface area contributed by atoms with Crippen LogP contribution in [0.3, 0.4) is 0 Å². The van der Waals surface area contributed by atoms with E-state index in [1.165, 1.54) is 6.07 Å². The minimum Gasteiger partial charge on any atom is -0.364 e. The molecule has 0 bridgehead atoms. The summed E-state index contributed by atoms with van der Waals surface area (Å²) in [5, 5.41) is 3.30. The number of hydrogen-bond donors (Lipinski definition) is 1. The van der Waals surface area contributed by atoms with Crippen molar-refractivity contribution in [3.05, 3.63) is 54.9 Å². The van der Waals surface area contributed by atoms with Crippen molar-refractivity contribution in [1.82, 2.24) is 5.32 Å². The lowest BCUT2D eigenvalue weighted by Crippen LogP contribution is -2.42. The van der Waals surface area contributed by atoms with Gasteiger partial charge in [-0.3, -0.25) is 4.99 Å². The first-order chi connectivity index (χ1) is 11.5. The smallest absolute Gasteiger partial charge is 0.162 e. The molecule has 1 aromatic rings. The molecule has 0 aromatic heterocycles. The minimum absolute atomic E-state index is 0.253. The van der Waals surface area contributed by atoms with E-state index in [1.807, 2.05) is 25.1 Å². The van der Waals surface area contributed by atoms with Gasteiger partial charge in [0.2, 0.25) is 0 Å². The zero-order valence-electron chi connectivity index (χ0n) is 13.9. The predicted molar refractivity (Wildman–Crippen MR) is 102 cm³/mol. The quantitative estimate of drug-likeness (QED) is 0.600. The van der Waals surface area contributed by atoms with Crippen LogP contribution in [0.15, 0.2) is 48.5 Å². The van der Waals surface area contributed by atoms with Gasteiger partial charge in [0.15, 0.2) is 5.66 Å². The second-order valence-corrected chi connectivity index (χ2v) is 6.75. The van der Waals surface area contributed by atoms with Gasteiger partial charge in [-0.25, -0.2) is 4.39 Å². The Morgan fingerprint density at radius 3 is 2.54 bits per heavy atom. The van der Waals surface area contributed by atoms with Crippen LogP contribution in [0.4, 0.5) is 10.1 Å². The van der Waals surface area contributed by atoms with Crippen LogP contribution in [-0.4, -0.2) is 23.8 Å². The number of halogens is 1. The highest BCUT2D eigenvalue weighted by Crippen LogP contribution is 2.49. The molecule has 2 aliphatic rings. The molecule has 0 saturated heterocycles. The van der Waals surface area contributed by atoms with Crippen molar-refractivity contribution in [2.45, 2.75) is 25.4 Å². The summed E-state index contributed by atoms with van der Waals surface area (Å²) >= 11 is 5.35. The van der Waals surface area contributed by atoms with Crippen molar-refractivity contribution in [3.63, 3.8) is 0 Å². The molecule has 1 saturated carbocycles. The van der Waals surface area contributed by atoms with Gasteiger partial charge in [-0.15, -0.1) is 13.2 Å². The van der Waals surface area contributed by atoms with E-state index in [2.05, 4.69) is 23.4 Å². The van der Waals surface area contributed by atoms with Crippen LogP contribution in [0.2, 0.25) is 0 Å². The van der Waals surface area contributed by atoms with Crippen LogP contribution in [0.1, 0.15) is 25.3 Å². The van der Waals surface area contributed by atoms with Gasteiger partial charge in [0.25, 0.3) is 0 Å². The summed E-state index contributed by atoms with van der Waals surface area (Å²) < 4.78 is 14.7. The van der Waals surface area contributed by atoms with E-state index in [0.29, 0.717) is 23.6 Å². The molecule has 1 heterocycles. The van der Waals surface area contributed by atoms with E-state index in [0.717, 1.165) is 24.2 Å². The molecule has 3 rings (SSSR count). The Kier molecular flexibility index (Phi) is 4.54.